The van der Waals surface area contributed by atoms with Crippen LogP contribution in [0.1, 0.15) is 18.1 Å². The van der Waals surface area contributed by atoms with E-state index in [1.807, 2.05) is 30.3 Å². The molecule has 3 atom stereocenters. The van der Waals surface area contributed by atoms with Gasteiger partial charge in [-0.15, -0.1) is 0 Å². The van der Waals surface area contributed by atoms with Crippen LogP contribution >= 0.6 is 0 Å². The van der Waals surface area contributed by atoms with Gasteiger partial charge in [0.1, 0.15) is 17.8 Å². The van der Waals surface area contributed by atoms with Crippen LogP contribution in [0.2, 0.25) is 0 Å². The Labute approximate surface area is 234 Å². The van der Waals surface area contributed by atoms with Gasteiger partial charge >= 0.3 is 0 Å². The second-order valence-electron chi connectivity index (χ2n) is 10.2. The second kappa shape index (κ2) is 15.0. The molecular weight excluding hydrogens is 516 g/mol. The minimum Gasteiger partial charge on any atom is -0.633 e. The molecule has 4 amide bonds. The molecule has 0 aliphatic carbocycles. The number of hydroxylamine groups is 3. The number of likely N-dealkylation sites (N-methyl/N-ethyl adjacent to an activating group) is 2. The molecule has 0 radical (unpaired) electrons. The number of nitrogens with two attached hydrogens (primary N) is 1. The number of nitrogens with one attached hydrogen (secondary N) is 3. The van der Waals surface area contributed by atoms with E-state index in [-0.39, 0.29) is 31.7 Å². The number of carbonyl (C=O) groups is 4. The summed E-state index contributed by atoms with van der Waals surface area (Å²) in [6, 6.07) is 12.7. The van der Waals surface area contributed by atoms with Crippen LogP contribution in [0.4, 0.5) is 0 Å². The summed E-state index contributed by atoms with van der Waals surface area (Å²) >= 11 is 0. The van der Waals surface area contributed by atoms with E-state index in [1.54, 1.807) is 12.1 Å². The van der Waals surface area contributed by atoms with Crippen LogP contribution in [0.25, 0.3) is 0 Å². The Hall–Kier alpha value is -4.00. The van der Waals surface area contributed by atoms with Crippen LogP contribution in [0.5, 0.6) is 5.75 Å². The first-order valence-electron chi connectivity index (χ1n) is 13.0. The van der Waals surface area contributed by atoms with Crippen molar-refractivity contribution in [2.45, 2.75) is 37.9 Å². The van der Waals surface area contributed by atoms with Crippen LogP contribution < -0.4 is 21.7 Å². The largest absolute Gasteiger partial charge is 0.633 e. The summed E-state index contributed by atoms with van der Waals surface area (Å²) < 4.78 is -0.569. The maximum absolute atomic E-state index is 13.0. The molecule has 0 bridgehead atoms. The van der Waals surface area contributed by atoms with E-state index >= 15 is 0 Å². The van der Waals surface area contributed by atoms with Crippen molar-refractivity contribution in [3.8, 4) is 5.75 Å². The normalized spacial score (nSPS) is 13.4. The van der Waals surface area contributed by atoms with Gasteiger partial charge in [0.25, 0.3) is 0 Å². The molecule has 0 aliphatic rings. The van der Waals surface area contributed by atoms with Gasteiger partial charge in [-0.2, -0.15) is 0 Å². The molecule has 0 fully saturated rings. The first-order chi connectivity index (χ1) is 18.8. The molecule has 12 heteroatoms. The molecule has 2 aromatic rings. The Morgan fingerprint density at radius 2 is 1.52 bits per heavy atom. The fraction of sp³-hybridized carbons (Fsp3) is 0.429. The summed E-state index contributed by atoms with van der Waals surface area (Å²) in [5.41, 5.74) is 7.54. The minimum atomic E-state index is -0.964. The van der Waals surface area contributed by atoms with Crippen molar-refractivity contribution in [2.75, 3.05) is 40.8 Å². The van der Waals surface area contributed by atoms with Gasteiger partial charge in [-0.05, 0) is 36.6 Å². The number of hydrogen-bond acceptors (Lipinski definition) is 7. The summed E-state index contributed by atoms with van der Waals surface area (Å²) in [5.74, 6) is -1.96. The molecule has 0 aromatic heterocycles. The lowest BCUT2D eigenvalue weighted by molar-refractivity contribution is -0.838. The summed E-state index contributed by atoms with van der Waals surface area (Å²) in [7, 11) is 4.42. The number of rotatable bonds is 14. The molecule has 0 saturated carbocycles. The number of benzene rings is 2. The topological polar surface area (TPSA) is 177 Å². The zero-order valence-electron chi connectivity index (χ0n) is 23.4. The Morgan fingerprint density at radius 1 is 0.925 bits per heavy atom. The number of aromatic hydroxyl groups is 1. The maximum atomic E-state index is 13.0. The van der Waals surface area contributed by atoms with E-state index < -0.39 is 52.9 Å². The predicted octanol–water partition coefficient (Wildman–Crippen LogP) is -0.357. The molecule has 2 rings (SSSR count). The number of hydrogen-bond donors (Lipinski definition) is 5. The Bertz CT molecular complexity index is 1140. The lowest BCUT2D eigenvalue weighted by Crippen LogP contribution is -2.54. The first kappa shape index (κ1) is 32.2. The average molecular weight is 557 g/mol. The fourth-order valence-corrected chi connectivity index (χ4v) is 3.79. The number of quaternary nitrogens is 1. The van der Waals surface area contributed by atoms with Crippen molar-refractivity contribution >= 4 is 23.6 Å². The number of phenolic OH excluding ortho intramolecular Hbond substituents is 1. The number of phenols is 1. The van der Waals surface area contributed by atoms with Crippen molar-refractivity contribution in [2.24, 2.45) is 5.73 Å². The van der Waals surface area contributed by atoms with Crippen LogP contribution in [0, 0.1) is 5.21 Å². The van der Waals surface area contributed by atoms with E-state index in [0.717, 1.165) is 11.1 Å². The summed E-state index contributed by atoms with van der Waals surface area (Å²) in [5, 5.41) is 29.0. The van der Waals surface area contributed by atoms with Gasteiger partial charge in [-0.3, -0.25) is 19.2 Å². The molecule has 0 spiro atoms. The third-order valence-electron chi connectivity index (χ3n) is 6.28. The quantitative estimate of drug-likeness (QED) is 0.156. The van der Waals surface area contributed by atoms with Crippen molar-refractivity contribution in [3.63, 3.8) is 0 Å². The summed E-state index contributed by atoms with van der Waals surface area (Å²) in [6.45, 7) is 1.39. The van der Waals surface area contributed by atoms with E-state index in [9.17, 15) is 29.5 Å². The molecular formula is C28H40N6O6. The maximum Gasteiger partial charge on any atom is 0.243 e. The first-order valence-corrected chi connectivity index (χ1v) is 13.0. The highest BCUT2D eigenvalue weighted by molar-refractivity contribution is 5.93. The predicted molar refractivity (Wildman–Crippen MR) is 150 cm³/mol. The van der Waals surface area contributed by atoms with Crippen molar-refractivity contribution in [1.29, 1.82) is 0 Å². The third-order valence-corrected chi connectivity index (χ3v) is 6.28. The number of carbonyl (C=O) groups excluding carboxylic acids is 4. The fourth-order valence-electron chi connectivity index (χ4n) is 3.79. The van der Waals surface area contributed by atoms with E-state index in [4.69, 9.17) is 5.73 Å². The second-order valence-corrected chi connectivity index (χ2v) is 10.2. The van der Waals surface area contributed by atoms with Gasteiger partial charge in [0, 0.05) is 13.5 Å². The molecule has 0 unspecified atom stereocenters. The standard InChI is InChI=1S/C28H40N6O6/c1-19(32-27(38)23(29)16-21-10-12-22(35)13-11-21)26(37)31-18-25(36)33(2)24(17-20-8-6-5-7-9-20)28(39)30-14-15-34(3,4)40/h5-13,19,23-24,35H,14-18,29H2,1-4H3,(H,30,39)(H,31,37)(H,32,38)/t19-,23+,24+/m1/s1. The minimum absolute atomic E-state index is 0.0990. The monoisotopic (exact) mass is 556 g/mol. The molecule has 2 aromatic carbocycles. The van der Waals surface area contributed by atoms with Gasteiger partial charge < -0.3 is 41.5 Å². The van der Waals surface area contributed by atoms with Crippen LogP contribution in [0.3, 0.4) is 0 Å². The highest BCUT2D eigenvalue weighted by Crippen LogP contribution is 2.11. The van der Waals surface area contributed by atoms with Gasteiger partial charge in [-0.1, -0.05) is 42.5 Å². The highest BCUT2D eigenvalue weighted by atomic mass is 16.5. The molecule has 0 heterocycles. The molecule has 12 nitrogen and oxygen atoms in total. The van der Waals surface area contributed by atoms with E-state index in [0.29, 0.717) is 0 Å². The van der Waals surface area contributed by atoms with Crippen molar-refractivity contribution in [3.05, 3.63) is 70.9 Å². The van der Waals surface area contributed by atoms with Gasteiger partial charge in [0.05, 0.1) is 39.8 Å². The SMILES string of the molecule is C[C@@H](NC(=O)[C@@H](N)Cc1ccc(O)cc1)C(=O)NCC(=O)N(C)[C@@H](Cc1ccccc1)C(=O)NCC[N+](C)(C)[O-]. The van der Waals surface area contributed by atoms with Gasteiger partial charge in [0.2, 0.25) is 23.6 Å². The van der Waals surface area contributed by atoms with Crippen molar-refractivity contribution in [1.82, 2.24) is 20.9 Å². The zero-order chi connectivity index (χ0) is 29.9. The lowest BCUT2D eigenvalue weighted by atomic mass is 10.0. The van der Waals surface area contributed by atoms with Crippen LogP contribution in [-0.4, -0.2) is 97.2 Å². The van der Waals surface area contributed by atoms with Crippen LogP contribution in [-0.2, 0) is 32.0 Å². The molecule has 218 valence electrons. The highest BCUT2D eigenvalue weighted by Gasteiger charge is 2.28. The smallest absolute Gasteiger partial charge is 0.243 e. The summed E-state index contributed by atoms with van der Waals surface area (Å²) in [6.07, 6.45) is 0.448. The molecule has 40 heavy (non-hydrogen) atoms. The average Bonchev–Trinajstić information content (AvgIpc) is 2.90. The number of amides is 4. The molecule has 0 aliphatic heterocycles. The Morgan fingerprint density at radius 3 is 2.12 bits per heavy atom. The van der Waals surface area contributed by atoms with Crippen molar-refractivity contribution < 1.29 is 28.9 Å². The number of nitrogens with zero attached hydrogens (tertiary/aromatic N) is 2. The summed E-state index contributed by atoms with van der Waals surface area (Å²) in [4.78, 5) is 52.2. The third kappa shape index (κ3) is 11.0. The zero-order valence-corrected chi connectivity index (χ0v) is 23.4. The Balaban J connectivity index is 1.93. The molecule has 0 saturated heterocycles. The molecule has 6 N–H and O–H groups in total. The lowest BCUT2D eigenvalue weighted by Gasteiger charge is -2.34. The van der Waals surface area contributed by atoms with E-state index in [2.05, 4.69) is 16.0 Å². The van der Waals surface area contributed by atoms with Gasteiger partial charge in [-0.25, -0.2) is 0 Å². The van der Waals surface area contributed by atoms with Gasteiger partial charge in [0.15, 0.2) is 0 Å². The van der Waals surface area contributed by atoms with E-state index in [1.165, 1.54) is 45.1 Å². The Kier molecular flexibility index (Phi) is 12.1. The van der Waals surface area contributed by atoms with Crippen LogP contribution in [0.15, 0.2) is 54.6 Å².